The zero-order valence-electron chi connectivity index (χ0n) is 15.3. The van der Waals surface area contributed by atoms with Crippen molar-refractivity contribution >= 4 is 48.1 Å². The fourth-order valence-electron chi connectivity index (χ4n) is 2.99. The van der Waals surface area contributed by atoms with Gasteiger partial charge in [0.1, 0.15) is 14.7 Å². The number of hydrogen-bond donors (Lipinski definition) is 1. The summed E-state index contributed by atoms with van der Waals surface area (Å²) in [6, 6.07) is 9.03. The molecule has 1 aliphatic carbocycles. The van der Waals surface area contributed by atoms with Crippen LogP contribution in [0.25, 0.3) is 21.0 Å². The van der Waals surface area contributed by atoms with Gasteiger partial charge < -0.3 is 14.4 Å². The molecule has 10 heteroatoms. The van der Waals surface area contributed by atoms with Crippen molar-refractivity contribution in [2.45, 2.75) is 4.90 Å². The van der Waals surface area contributed by atoms with Crippen LogP contribution in [-0.4, -0.2) is 32.0 Å². The van der Waals surface area contributed by atoms with Crippen molar-refractivity contribution in [2.75, 3.05) is 19.0 Å². The first kappa shape index (κ1) is 21.0. The maximum Gasteiger partial charge on any atom is 1.00 e. The zero-order valence-corrected chi connectivity index (χ0v) is 18.9. The van der Waals surface area contributed by atoms with Crippen LogP contribution in [0.4, 0.5) is 5.69 Å². The number of rotatable bonds is 2. The Kier molecular flexibility index (Phi) is 5.43. The summed E-state index contributed by atoms with van der Waals surface area (Å²) in [6.07, 6.45) is 0. The number of H-pyrrole nitrogens is 1. The Balaban J connectivity index is 0.00000225. The molecule has 0 unspecified atom stereocenters. The third-order valence-electron chi connectivity index (χ3n) is 4.39. The molecular formula is C18H13N2NaO5S2. The van der Waals surface area contributed by atoms with Crippen LogP contribution in [0.2, 0.25) is 0 Å². The molecule has 0 saturated heterocycles. The van der Waals surface area contributed by atoms with Gasteiger partial charge >= 0.3 is 29.6 Å². The molecule has 0 amide bonds. The molecule has 0 saturated carbocycles. The van der Waals surface area contributed by atoms with Crippen LogP contribution in [0.15, 0.2) is 50.9 Å². The second kappa shape index (κ2) is 7.25. The van der Waals surface area contributed by atoms with Gasteiger partial charge in [-0.3, -0.25) is 9.59 Å². The Morgan fingerprint density at radius 3 is 2.36 bits per heavy atom. The van der Waals surface area contributed by atoms with E-state index in [1.807, 2.05) is 37.2 Å². The minimum absolute atomic E-state index is 0. The summed E-state index contributed by atoms with van der Waals surface area (Å²) in [6.45, 7) is 0. The molecule has 2 aromatic rings. The van der Waals surface area contributed by atoms with Crippen LogP contribution in [-0.2, 0) is 10.1 Å². The first-order valence-corrected chi connectivity index (χ1v) is 10.1. The molecular weight excluding hydrogens is 411 g/mol. The number of nitrogens with zero attached hydrogens (tertiary/aromatic N) is 1. The van der Waals surface area contributed by atoms with Gasteiger partial charge in [0.05, 0.1) is 20.5 Å². The molecule has 4 rings (SSSR count). The van der Waals surface area contributed by atoms with Crippen LogP contribution in [0, 0.1) is 9.88 Å². The first-order valence-electron chi connectivity index (χ1n) is 7.86. The van der Waals surface area contributed by atoms with E-state index >= 15 is 0 Å². The maximum atomic E-state index is 12.6. The Labute approximate surface area is 185 Å². The van der Waals surface area contributed by atoms with Gasteiger partial charge in [0.2, 0.25) is 10.9 Å². The van der Waals surface area contributed by atoms with Gasteiger partial charge in [-0.05, 0) is 36.4 Å². The molecule has 0 atom stereocenters. The van der Waals surface area contributed by atoms with Crippen molar-refractivity contribution in [3.05, 3.63) is 66.7 Å². The SMILES string of the molecule is CN(C)c1ccc2[nH]c3c4cc(S(=O)(=O)[O-])ccc4c(=O)c(=O)c=3sc2c1.[Na+]. The van der Waals surface area contributed by atoms with Crippen molar-refractivity contribution in [3.8, 4) is 0 Å². The smallest absolute Gasteiger partial charge is 0.744 e. The summed E-state index contributed by atoms with van der Waals surface area (Å²) in [5.41, 5.74) is 0.281. The van der Waals surface area contributed by atoms with Gasteiger partial charge in [-0.15, -0.1) is 11.3 Å². The molecule has 28 heavy (non-hydrogen) atoms. The van der Waals surface area contributed by atoms with Crippen LogP contribution in [0.3, 0.4) is 0 Å². The maximum absolute atomic E-state index is 12.6. The van der Waals surface area contributed by atoms with Crippen LogP contribution in [0.1, 0.15) is 0 Å². The van der Waals surface area contributed by atoms with E-state index in [1.165, 1.54) is 6.07 Å². The average molecular weight is 424 g/mol. The number of aromatic nitrogens is 1. The van der Waals surface area contributed by atoms with E-state index < -0.39 is 25.9 Å². The summed E-state index contributed by atoms with van der Waals surface area (Å²) < 4.78 is 35.1. The largest absolute Gasteiger partial charge is 1.00 e. The predicted molar refractivity (Wildman–Crippen MR) is 104 cm³/mol. The molecule has 0 aromatic heterocycles. The quantitative estimate of drug-likeness (QED) is 0.246. The Bertz CT molecular complexity index is 1520. The normalized spacial score (nSPS) is 11.7. The van der Waals surface area contributed by atoms with Crippen LogP contribution < -0.4 is 45.3 Å². The topological polar surface area (TPSA) is 110 Å². The molecule has 1 heterocycles. The summed E-state index contributed by atoms with van der Waals surface area (Å²) >= 11 is 1.15. The van der Waals surface area contributed by atoms with Gasteiger partial charge in [0, 0.05) is 30.6 Å². The van der Waals surface area contributed by atoms with Gasteiger partial charge in [0.15, 0.2) is 0 Å². The minimum Gasteiger partial charge on any atom is -0.744 e. The van der Waals surface area contributed by atoms with Crippen molar-refractivity contribution in [2.24, 2.45) is 0 Å². The Morgan fingerprint density at radius 1 is 1.00 bits per heavy atom. The molecule has 2 aromatic carbocycles. The summed E-state index contributed by atoms with van der Waals surface area (Å²) in [7, 11) is -0.904. The van der Waals surface area contributed by atoms with E-state index in [0.29, 0.717) is 5.35 Å². The molecule has 1 aliphatic heterocycles. The predicted octanol–water partition coefficient (Wildman–Crippen LogP) is -1.20. The molecule has 0 fully saturated rings. The zero-order chi connectivity index (χ0) is 19.5. The second-order valence-electron chi connectivity index (χ2n) is 6.33. The van der Waals surface area contributed by atoms with Crippen molar-refractivity contribution in [1.29, 1.82) is 0 Å². The van der Waals surface area contributed by atoms with Crippen LogP contribution >= 0.6 is 11.3 Å². The van der Waals surface area contributed by atoms with E-state index in [0.717, 1.165) is 39.4 Å². The molecule has 0 bridgehead atoms. The molecule has 7 nitrogen and oxygen atoms in total. The van der Waals surface area contributed by atoms with E-state index in [1.54, 1.807) is 0 Å². The first-order chi connectivity index (χ1) is 12.7. The number of fused-ring (bicyclic) bond motifs is 3. The third kappa shape index (κ3) is 3.38. The third-order valence-corrected chi connectivity index (χ3v) is 6.37. The Hall–Kier alpha value is -1.75. The van der Waals surface area contributed by atoms with Crippen molar-refractivity contribution < 1.29 is 42.5 Å². The monoisotopic (exact) mass is 424 g/mol. The molecule has 0 spiro atoms. The Morgan fingerprint density at radius 2 is 1.71 bits per heavy atom. The number of anilines is 1. The van der Waals surface area contributed by atoms with E-state index in [-0.39, 0.29) is 44.9 Å². The van der Waals surface area contributed by atoms with E-state index in [2.05, 4.69) is 4.98 Å². The standard InChI is InChI=1S/C18H14N2O5S2.Na/c1-20(2)9-3-6-13-14(7-9)26-18-15(19-13)12-8-10(27(23,24)25)4-5-11(12)16(21)17(18)22;/h3-8,19H,1-2H3,(H,23,24,25);/q;+1/p-1. The van der Waals surface area contributed by atoms with Gasteiger partial charge in [-0.2, -0.15) is 0 Å². The molecule has 0 radical (unpaired) electrons. The van der Waals surface area contributed by atoms with Gasteiger partial charge in [-0.1, -0.05) is 0 Å². The van der Waals surface area contributed by atoms with E-state index in [4.69, 9.17) is 0 Å². The van der Waals surface area contributed by atoms with Crippen LogP contribution in [0.5, 0.6) is 0 Å². The number of nitrogens with one attached hydrogen (secondary N) is 1. The molecule has 2 aliphatic rings. The van der Waals surface area contributed by atoms with E-state index in [9.17, 15) is 22.6 Å². The average Bonchev–Trinajstić information content (AvgIpc) is 2.63. The van der Waals surface area contributed by atoms with Crippen molar-refractivity contribution in [1.82, 2.24) is 4.98 Å². The fraction of sp³-hybridized carbons (Fsp3) is 0.111. The van der Waals surface area contributed by atoms with Gasteiger partial charge in [-0.25, -0.2) is 8.42 Å². The summed E-state index contributed by atoms with van der Waals surface area (Å²) in [4.78, 5) is 29.6. The second-order valence-corrected chi connectivity index (χ2v) is 8.76. The number of benzene rings is 2. The minimum atomic E-state index is -4.69. The van der Waals surface area contributed by atoms with Crippen molar-refractivity contribution in [3.63, 3.8) is 0 Å². The number of hydrogen-bond acceptors (Lipinski definition) is 7. The fourth-order valence-corrected chi connectivity index (χ4v) is 4.56. The summed E-state index contributed by atoms with van der Waals surface area (Å²) in [5, 5.41) is 0.657. The molecule has 1 N–H and O–H groups in total. The summed E-state index contributed by atoms with van der Waals surface area (Å²) in [5.74, 6) is 0. The number of aromatic amines is 1. The van der Waals surface area contributed by atoms with Gasteiger partial charge in [0.25, 0.3) is 0 Å². The molecule has 138 valence electrons.